The van der Waals surface area contributed by atoms with E-state index in [0.717, 1.165) is 0 Å². The Balaban J connectivity index is 2.03. The molecule has 29 heavy (non-hydrogen) atoms. The van der Waals surface area contributed by atoms with Gasteiger partial charge in [0.05, 0.1) is 18.0 Å². The molecule has 0 saturated carbocycles. The van der Waals surface area contributed by atoms with Gasteiger partial charge in [0.25, 0.3) is 0 Å². The zero-order chi connectivity index (χ0) is 21.8. The number of methoxy groups -OCH3 is 1. The first-order valence-corrected chi connectivity index (χ1v) is 10.5. The molecule has 0 saturated heterocycles. The number of nitrogens with one attached hydrogen (secondary N) is 2. The minimum absolute atomic E-state index is 0.128. The van der Waals surface area contributed by atoms with Crippen molar-refractivity contribution >= 4 is 21.7 Å². The van der Waals surface area contributed by atoms with E-state index in [1.165, 1.54) is 54.9 Å². The second-order valence-electron chi connectivity index (χ2n) is 6.85. The summed E-state index contributed by atoms with van der Waals surface area (Å²) in [4.78, 5) is 12.4. The molecule has 9 heteroatoms. The second-order valence-corrected chi connectivity index (χ2v) is 8.85. The van der Waals surface area contributed by atoms with Gasteiger partial charge in [0, 0.05) is 18.8 Å². The molecule has 158 valence electrons. The molecule has 2 aromatic carbocycles. The van der Waals surface area contributed by atoms with Gasteiger partial charge in [-0.1, -0.05) is 6.07 Å². The lowest BCUT2D eigenvalue weighted by atomic mass is 10.1. The van der Waals surface area contributed by atoms with Crippen LogP contribution in [-0.4, -0.2) is 39.0 Å². The molecule has 2 aromatic rings. The molecule has 0 aromatic heterocycles. The molecular weight excluding hydrogens is 397 g/mol. The highest BCUT2D eigenvalue weighted by Crippen LogP contribution is 2.22. The lowest BCUT2D eigenvalue weighted by molar-refractivity contribution is 0.249. The molecule has 1 atom stereocenters. The Kier molecular flexibility index (Phi) is 7.21. The number of carbonyl (C=O) groups excluding carboxylic acids is 1. The highest BCUT2D eigenvalue weighted by Gasteiger charge is 2.23. The highest BCUT2D eigenvalue weighted by atomic mass is 32.2. The van der Waals surface area contributed by atoms with Gasteiger partial charge < -0.3 is 15.4 Å². The number of hydrogen-bond donors (Lipinski definition) is 2. The van der Waals surface area contributed by atoms with Crippen molar-refractivity contribution in [1.82, 2.24) is 9.62 Å². The number of carbonyl (C=O) groups is 1. The molecule has 0 aliphatic carbocycles. The van der Waals surface area contributed by atoms with Crippen LogP contribution in [0.15, 0.2) is 47.4 Å². The van der Waals surface area contributed by atoms with E-state index in [1.54, 1.807) is 26.8 Å². The van der Waals surface area contributed by atoms with Crippen LogP contribution in [-0.2, 0) is 10.0 Å². The van der Waals surface area contributed by atoms with Gasteiger partial charge in [-0.3, -0.25) is 0 Å². The number of hydrogen-bond acceptors (Lipinski definition) is 4. The highest BCUT2D eigenvalue weighted by molar-refractivity contribution is 7.89. The third-order valence-electron chi connectivity index (χ3n) is 4.54. The molecule has 2 amide bonds. The lowest BCUT2D eigenvalue weighted by Crippen LogP contribution is -2.33. The first-order valence-electron chi connectivity index (χ1n) is 9.05. The Labute approximate surface area is 170 Å². The summed E-state index contributed by atoms with van der Waals surface area (Å²) in [6.07, 6.45) is 0. The molecule has 2 rings (SSSR count). The predicted molar refractivity (Wildman–Crippen MR) is 110 cm³/mol. The van der Waals surface area contributed by atoms with E-state index in [-0.39, 0.29) is 16.7 Å². The SMILES string of the molecule is COc1ccc([C@H](C)NC(=O)Nc2ccc(S(=O)(=O)N(C)C(C)C)cc2)cc1F. The van der Waals surface area contributed by atoms with Crippen molar-refractivity contribution < 1.29 is 22.3 Å². The summed E-state index contributed by atoms with van der Waals surface area (Å²) in [6.45, 7) is 5.29. The van der Waals surface area contributed by atoms with Crippen molar-refractivity contribution in [3.63, 3.8) is 0 Å². The Morgan fingerprint density at radius 3 is 2.24 bits per heavy atom. The Bertz CT molecular complexity index is 962. The summed E-state index contributed by atoms with van der Waals surface area (Å²) < 4.78 is 44.9. The fourth-order valence-corrected chi connectivity index (χ4v) is 3.92. The largest absolute Gasteiger partial charge is 0.494 e. The predicted octanol–water partition coefficient (Wildman–Crippen LogP) is 3.75. The third-order valence-corrected chi connectivity index (χ3v) is 6.59. The van der Waals surface area contributed by atoms with E-state index >= 15 is 0 Å². The number of nitrogens with zero attached hydrogens (tertiary/aromatic N) is 1. The van der Waals surface area contributed by atoms with E-state index in [9.17, 15) is 17.6 Å². The van der Waals surface area contributed by atoms with Gasteiger partial charge in [-0.15, -0.1) is 0 Å². The van der Waals surface area contributed by atoms with Crippen molar-refractivity contribution in [3.8, 4) is 5.75 Å². The van der Waals surface area contributed by atoms with Crippen LogP contribution in [0.2, 0.25) is 0 Å². The molecule has 0 aliphatic heterocycles. The van der Waals surface area contributed by atoms with Gasteiger partial charge in [-0.2, -0.15) is 4.31 Å². The number of benzene rings is 2. The van der Waals surface area contributed by atoms with E-state index in [4.69, 9.17) is 4.74 Å². The fourth-order valence-electron chi connectivity index (χ4n) is 2.55. The number of ether oxygens (including phenoxy) is 1. The summed E-state index contributed by atoms with van der Waals surface area (Å²) in [6, 6.07) is 9.24. The van der Waals surface area contributed by atoms with Crippen LogP contribution in [0.25, 0.3) is 0 Å². The normalized spacial score (nSPS) is 12.7. The van der Waals surface area contributed by atoms with Gasteiger partial charge >= 0.3 is 6.03 Å². The first kappa shape index (κ1) is 22.6. The smallest absolute Gasteiger partial charge is 0.319 e. The number of anilines is 1. The Hall–Kier alpha value is -2.65. The lowest BCUT2D eigenvalue weighted by Gasteiger charge is -2.21. The quantitative estimate of drug-likeness (QED) is 0.710. The number of rotatable bonds is 7. The summed E-state index contributed by atoms with van der Waals surface area (Å²) in [5.41, 5.74) is 1.01. The average Bonchev–Trinajstić information content (AvgIpc) is 2.67. The second kappa shape index (κ2) is 9.23. The molecule has 0 radical (unpaired) electrons. The van der Waals surface area contributed by atoms with Gasteiger partial charge in [0.2, 0.25) is 10.0 Å². The minimum Gasteiger partial charge on any atom is -0.494 e. The standard InChI is InChI=1S/C20H26FN3O4S/c1-13(2)24(4)29(26,27)17-9-7-16(8-10-17)23-20(25)22-14(3)15-6-11-19(28-5)18(21)12-15/h6-14H,1-5H3,(H2,22,23,25)/t14-/m0/s1. The van der Waals surface area contributed by atoms with Crippen molar-refractivity contribution in [1.29, 1.82) is 0 Å². The summed E-state index contributed by atoms with van der Waals surface area (Å²) in [5, 5.41) is 5.34. The Morgan fingerprint density at radius 1 is 1.10 bits per heavy atom. The van der Waals surface area contributed by atoms with Crippen LogP contribution in [0.4, 0.5) is 14.9 Å². The van der Waals surface area contributed by atoms with Crippen LogP contribution in [0, 0.1) is 5.82 Å². The molecular formula is C20H26FN3O4S. The maximum Gasteiger partial charge on any atom is 0.319 e. The fraction of sp³-hybridized carbons (Fsp3) is 0.350. The topological polar surface area (TPSA) is 87.7 Å². The summed E-state index contributed by atoms with van der Waals surface area (Å²) in [7, 11) is -0.693. The number of sulfonamides is 1. The van der Waals surface area contributed by atoms with E-state index in [1.807, 2.05) is 0 Å². The summed E-state index contributed by atoms with van der Waals surface area (Å²) >= 11 is 0. The third kappa shape index (κ3) is 5.45. The van der Waals surface area contributed by atoms with E-state index in [0.29, 0.717) is 11.3 Å². The maximum atomic E-state index is 13.8. The number of urea groups is 1. The van der Waals surface area contributed by atoms with Gasteiger partial charge in [0.1, 0.15) is 0 Å². The zero-order valence-corrected chi connectivity index (χ0v) is 17.9. The van der Waals surface area contributed by atoms with Crippen LogP contribution < -0.4 is 15.4 Å². The monoisotopic (exact) mass is 423 g/mol. The number of halogens is 1. The Morgan fingerprint density at radius 2 is 1.72 bits per heavy atom. The van der Waals surface area contributed by atoms with Crippen molar-refractivity contribution in [2.75, 3.05) is 19.5 Å². The van der Waals surface area contributed by atoms with Crippen LogP contribution >= 0.6 is 0 Å². The van der Waals surface area contributed by atoms with Crippen molar-refractivity contribution in [3.05, 3.63) is 53.8 Å². The molecule has 0 fully saturated rings. The molecule has 0 unspecified atom stereocenters. The molecule has 0 heterocycles. The van der Waals surface area contributed by atoms with E-state index < -0.39 is 27.9 Å². The molecule has 0 aliphatic rings. The minimum atomic E-state index is -3.59. The van der Waals surface area contributed by atoms with Crippen LogP contribution in [0.5, 0.6) is 5.75 Å². The summed E-state index contributed by atoms with van der Waals surface area (Å²) in [5.74, 6) is -0.384. The van der Waals surface area contributed by atoms with Crippen molar-refractivity contribution in [2.24, 2.45) is 0 Å². The van der Waals surface area contributed by atoms with Crippen LogP contribution in [0.1, 0.15) is 32.4 Å². The zero-order valence-electron chi connectivity index (χ0n) is 17.1. The molecule has 7 nitrogen and oxygen atoms in total. The molecule has 0 spiro atoms. The average molecular weight is 424 g/mol. The van der Waals surface area contributed by atoms with Gasteiger partial charge in [-0.05, 0) is 62.7 Å². The first-order chi connectivity index (χ1) is 13.6. The maximum absolute atomic E-state index is 13.8. The van der Waals surface area contributed by atoms with Crippen molar-refractivity contribution in [2.45, 2.75) is 37.8 Å². The van der Waals surface area contributed by atoms with Crippen LogP contribution in [0.3, 0.4) is 0 Å². The van der Waals surface area contributed by atoms with Gasteiger partial charge in [0.15, 0.2) is 11.6 Å². The molecule has 2 N–H and O–H groups in total. The van der Waals surface area contributed by atoms with E-state index in [2.05, 4.69) is 10.6 Å². The van der Waals surface area contributed by atoms with Gasteiger partial charge in [-0.25, -0.2) is 17.6 Å². The number of amides is 2. The molecule has 0 bridgehead atoms.